The molecule has 2 rings (SSSR count). The minimum absolute atomic E-state index is 0.0919. The normalized spacial score (nSPS) is 12.4. The Bertz CT molecular complexity index is 934. The first kappa shape index (κ1) is 23.8. The Morgan fingerprint density at radius 3 is 2.48 bits per heavy atom. The van der Waals surface area contributed by atoms with Crippen LogP contribution in [0.3, 0.4) is 0 Å². The third-order valence-corrected chi connectivity index (χ3v) is 4.67. The molecule has 0 spiro atoms. The molecular formula is C21H30N6O4. The van der Waals surface area contributed by atoms with Crippen LogP contribution < -0.4 is 10.1 Å². The third-order valence-electron chi connectivity index (χ3n) is 4.67. The van der Waals surface area contributed by atoms with Gasteiger partial charge in [0.15, 0.2) is 0 Å². The minimum Gasteiger partial charge on any atom is -0.496 e. The monoisotopic (exact) mass is 430 g/mol. The number of methoxy groups -OCH3 is 1. The molecule has 10 nitrogen and oxygen atoms in total. The molecule has 0 unspecified atom stereocenters. The van der Waals surface area contributed by atoms with Crippen LogP contribution >= 0.6 is 0 Å². The van der Waals surface area contributed by atoms with Crippen molar-refractivity contribution in [3.8, 4) is 17.1 Å². The van der Waals surface area contributed by atoms with Gasteiger partial charge in [0, 0.05) is 22.7 Å². The molecule has 0 saturated carbocycles. The number of benzene rings is 1. The van der Waals surface area contributed by atoms with Crippen molar-refractivity contribution in [2.45, 2.75) is 52.6 Å². The van der Waals surface area contributed by atoms with Crippen molar-refractivity contribution in [2.75, 3.05) is 12.4 Å². The van der Waals surface area contributed by atoms with Crippen LogP contribution in [0, 0.1) is 5.92 Å². The fraction of sp³-hybridized carbons (Fsp3) is 0.476. The van der Waals surface area contributed by atoms with Gasteiger partial charge in [-0.05, 0) is 44.4 Å². The van der Waals surface area contributed by atoms with Gasteiger partial charge >= 0.3 is 6.09 Å². The van der Waals surface area contributed by atoms with Gasteiger partial charge in [0.25, 0.3) is 0 Å². The molecule has 0 aliphatic rings. The molecule has 10 heteroatoms. The minimum atomic E-state index is -1.16. The van der Waals surface area contributed by atoms with E-state index >= 15 is 0 Å². The number of nitrogens with zero attached hydrogens (tertiary/aromatic N) is 4. The topological polar surface area (TPSA) is 133 Å². The molecule has 0 saturated heterocycles. The first-order valence-electron chi connectivity index (χ1n) is 9.91. The van der Waals surface area contributed by atoms with Gasteiger partial charge in [-0.15, -0.1) is 10.2 Å². The van der Waals surface area contributed by atoms with Crippen molar-refractivity contribution < 1.29 is 19.4 Å². The molecule has 1 heterocycles. The summed E-state index contributed by atoms with van der Waals surface area (Å²) in [5.41, 5.74) is 0.783. The number of hydrogen-bond donors (Lipinski definition) is 3. The maximum absolute atomic E-state index is 13.4. The molecule has 1 aromatic heterocycles. The number of tetrazole rings is 1. The second-order valence-corrected chi connectivity index (χ2v) is 8.54. The second-order valence-electron chi connectivity index (χ2n) is 8.54. The van der Waals surface area contributed by atoms with E-state index in [1.165, 1.54) is 12.0 Å². The number of aromatic nitrogens is 4. The molecule has 1 atom stereocenters. The van der Waals surface area contributed by atoms with Gasteiger partial charge in [0.05, 0.1) is 12.8 Å². The van der Waals surface area contributed by atoms with Gasteiger partial charge in [-0.25, -0.2) is 4.79 Å². The Labute approximate surface area is 181 Å². The average molecular weight is 431 g/mol. The van der Waals surface area contributed by atoms with Crippen molar-refractivity contribution in [3.05, 3.63) is 24.3 Å². The van der Waals surface area contributed by atoms with Gasteiger partial charge in [-0.2, -0.15) is 5.21 Å². The summed E-state index contributed by atoms with van der Waals surface area (Å²) in [6.07, 6.45) is 0.808. The lowest BCUT2D eigenvalue weighted by molar-refractivity contribution is -0.123. The summed E-state index contributed by atoms with van der Waals surface area (Å²) in [6.45, 7) is 12.9. The zero-order chi connectivity index (χ0) is 23.3. The highest BCUT2D eigenvalue weighted by Gasteiger charge is 2.38. The molecule has 0 fully saturated rings. The van der Waals surface area contributed by atoms with E-state index in [-0.39, 0.29) is 11.7 Å². The Kier molecular flexibility index (Phi) is 7.37. The standard InChI is InChI=1S/C21H30N6O4/c1-8-13-10-14(18-23-25-26-24-18)15(11-17(13)31-7)22-19(28)16(9-12(2)3)27(20(29)30)21(4,5)6/h8,10-12,16H,1,9H2,2-7H3,(H,22,28)(H,29,30)(H,23,24,25,26)/t16-/m1/s1. The van der Waals surface area contributed by atoms with Gasteiger partial charge in [0.2, 0.25) is 11.7 Å². The summed E-state index contributed by atoms with van der Waals surface area (Å²) in [5.74, 6) is 0.398. The molecule has 0 radical (unpaired) electrons. The summed E-state index contributed by atoms with van der Waals surface area (Å²) < 4.78 is 5.40. The molecule has 3 N–H and O–H groups in total. The fourth-order valence-electron chi connectivity index (χ4n) is 3.38. The number of carbonyl (C=O) groups is 2. The Morgan fingerprint density at radius 2 is 2.03 bits per heavy atom. The Hall–Kier alpha value is -3.43. The van der Waals surface area contributed by atoms with Crippen LogP contribution in [0.5, 0.6) is 5.75 Å². The smallest absolute Gasteiger partial charge is 0.408 e. The quantitative estimate of drug-likeness (QED) is 0.582. The van der Waals surface area contributed by atoms with Crippen LogP contribution in [0.4, 0.5) is 10.5 Å². The summed E-state index contributed by atoms with van der Waals surface area (Å²) >= 11 is 0. The number of carbonyl (C=O) groups excluding carboxylic acids is 1. The van der Waals surface area contributed by atoms with Crippen LogP contribution in [-0.4, -0.2) is 61.3 Å². The molecule has 2 aromatic rings. The number of hydrogen-bond acceptors (Lipinski definition) is 6. The number of H-pyrrole nitrogens is 1. The summed E-state index contributed by atoms with van der Waals surface area (Å²) in [5, 5.41) is 26.7. The number of ether oxygens (including phenoxy) is 1. The Balaban J connectivity index is 2.54. The maximum atomic E-state index is 13.4. The van der Waals surface area contributed by atoms with Crippen molar-refractivity contribution in [1.29, 1.82) is 0 Å². The van der Waals surface area contributed by atoms with Crippen LogP contribution in [0.1, 0.15) is 46.6 Å². The van der Waals surface area contributed by atoms with E-state index in [4.69, 9.17) is 4.74 Å². The lowest BCUT2D eigenvalue weighted by Gasteiger charge is -2.39. The maximum Gasteiger partial charge on any atom is 0.408 e. The van der Waals surface area contributed by atoms with Gasteiger partial charge in [0.1, 0.15) is 11.8 Å². The highest BCUT2D eigenvalue weighted by molar-refractivity contribution is 6.00. The average Bonchev–Trinajstić information content (AvgIpc) is 3.19. The van der Waals surface area contributed by atoms with E-state index in [9.17, 15) is 14.7 Å². The van der Waals surface area contributed by atoms with Crippen molar-refractivity contribution >= 4 is 23.8 Å². The van der Waals surface area contributed by atoms with Crippen LogP contribution in [0.2, 0.25) is 0 Å². The molecule has 168 valence electrons. The first-order chi connectivity index (χ1) is 14.5. The molecule has 0 bridgehead atoms. The number of aromatic amines is 1. The van der Waals surface area contributed by atoms with E-state index in [1.54, 1.807) is 39.0 Å². The first-order valence-corrected chi connectivity index (χ1v) is 9.91. The number of carboxylic acid groups (broad SMARTS) is 1. The summed E-state index contributed by atoms with van der Waals surface area (Å²) in [4.78, 5) is 26.6. The molecule has 0 aliphatic heterocycles. The zero-order valence-electron chi connectivity index (χ0n) is 18.8. The highest BCUT2D eigenvalue weighted by Crippen LogP contribution is 2.34. The molecule has 2 amide bonds. The van der Waals surface area contributed by atoms with E-state index in [0.29, 0.717) is 29.0 Å². The predicted octanol–water partition coefficient (Wildman–Crippen LogP) is 3.65. The Morgan fingerprint density at radius 1 is 1.35 bits per heavy atom. The van der Waals surface area contributed by atoms with E-state index in [0.717, 1.165) is 0 Å². The number of rotatable bonds is 8. The van der Waals surface area contributed by atoms with Gasteiger partial charge < -0.3 is 15.2 Å². The van der Waals surface area contributed by atoms with E-state index in [1.807, 2.05) is 13.8 Å². The fourth-order valence-corrected chi connectivity index (χ4v) is 3.38. The van der Waals surface area contributed by atoms with Crippen LogP contribution in [0.15, 0.2) is 18.7 Å². The van der Waals surface area contributed by atoms with Crippen LogP contribution in [-0.2, 0) is 4.79 Å². The predicted molar refractivity (Wildman–Crippen MR) is 118 cm³/mol. The lowest BCUT2D eigenvalue weighted by Crippen LogP contribution is -2.56. The van der Waals surface area contributed by atoms with E-state index in [2.05, 4.69) is 32.5 Å². The summed E-state index contributed by atoms with van der Waals surface area (Å²) in [7, 11) is 1.51. The lowest BCUT2D eigenvalue weighted by atomic mass is 9.96. The molecule has 0 aliphatic carbocycles. The summed E-state index contributed by atoms with van der Waals surface area (Å²) in [6, 6.07) is 2.46. The number of anilines is 1. The molecule has 31 heavy (non-hydrogen) atoms. The SMILES string of the molecule is C=Cc1cc(-c2nn[nH]n2)c(NC(=O)[C@@H](CC(C)C)N(C(=O)O)C(C)(C)C)cc1OC. The van der Waals surface area contributed by atoms with Crippen molar-refractivity contribution in [2.24, 2.45) is 5.92 Å². The van der Waals surface area contributed by atoms with Gasteiger partial charge in [-0.1, -0.05) is 26.5 Å². The van der Waals surface area contributed by atoms with E-state index < -0.39 is 23.6 Å². The second kappa shape index (κ2) is 9.59. The van der Waals surface area contributed by atoms with Gasteiger partial charge in [-0.3, -0.25) is 9.69 Å². The highest BCUT2D eigenvalue weighted by atomic mass is 16.5. The number of amides is 2. The molecule has 1 aromatic carbocycles. The van der Waals surface area contributed by atoms with Crippen molar-refractivity contribution in [1.82, 2.24) is 25.5 Å². The number of nitrogens with one attached hydrogen (secondary N) is 2. The van der Waals surface area contributed by atoms with Crippen LogP contribution in [0.25, 0.3) is 17.5 Å². The molecular weight excluding hydrogens is 400 g/mol. The third kappa shape index (κ3) is 5.59. The zero-order valence-corrected chi connectivity index (χ0v) is 18.8. The largest absolute Gasteiger partial charge is 0.496 e. The van der Waals surface area contributed by atoms with Crippen molar-refractivity contribution in [3.63, 3.8) is 0 Å².